The van der Waals surface area contributed by atoms with Crippen LogP contribution in [0.3, 0.4) is 0 Å². The molecule has 1 rings (SSSR count). The molecule has 0 spiro atoms. The quantitative estimate of drug-likeness (QED) is 0.775. The average molecular weight is 271 g/mol. The Balaban J connectivity index is 2.66. The monoisotopic (exact) mass is 270 g/mol. The van der Waals surface area contributed by atoms with E-state index >= 15 is 0 Å². The first kappa shape index (κ1) is 15.1. The highest BCUT2D eigenvalue weighted by molar-refractivity contribution is 6.33. The van der Waals surface area contributed by atoms with Gasteiger partial charge in [-0.3, -0.25) is 0 Å². The molecule has 0 radical (unpaired) electrons. The second kappa shape index (κ2) is 6.30. The van der Waals surface area contributed by atoms with Gasteiger partial charge in [0.1, 0.15) is 0 Å². The molecule has 1 aromatic carbocycles. The van der Waals surface area contributed by atoms with Gasteiger partial charge < -0.3 is 15.8 Å². The van der Waals surface area contributed by atoms with Gasteiger partial charge in [0.2, 0.25) is 0 Å². The Hall–Kier alpha value is -0.930. The van der Waals surface area contributed by atoms with E-state index in [1.807, 2.05) is 19.1 Å². The molecule has 102 valence electrons. The Morgan fingerprint density at radius 2 is 2.06 bits per heavy atom. The number of benzene rings is 1. The van der Waals surface area contributed by atoms with Gasteiger partial charge in [-0.1, -0.05) is 25.4 Å². The van der Waals surface area contributed by atoms with E-state index in [2.05, 4.69) is 19.2 Å². The van der Waals surface area contributed by atoms with Crippen molar-refractivity contribution in [2.75, 3.05) is 31.3 Å². The van der Waals surface area contributed by atoms with Crippen LogP contribution in [0, 0.1) is 12.3 Å². The molecule has 0 aliphatic heterocycles. The van der Waals surface area contributed by atoms with Gasteiger partial charge in [0.15, 0.2) is 0 Å². The molecule has 0 atom stereocenters. The minimum atomic E-state index is 0.177. The van der Waals surface area contributed by atoms with Crippen LogP contribution < -0.4 is 11.1 Å². The summed E-state index contributed by atoms with van der Waals surface area (Å²) in [7, 11) is 1.73. The summed E-state index contributed by atoms with van der Waals surface area (Å²) in [5.74, 6) is 0. The van der Waals surface area contributed by atoms with Crippen LogP contribution in [0.5, 0.6) is 0 Å². The molecule has 0 amide bonds. The van der Waals surface area contributed by atoms with E-state index in [1.165, 1.54) is 0 Å². The van der Waals surface area contributed by atoms with Crippen molar-refractivity contribution >= 4 is 23.0 Å². The van der Waals surface area contributed by atoms with Gasteiger partial charge >= 0.3 is 0 Å². The summed E-state index contributed by atoms with van der Waals surface area (Å²) in [4.78, 5) is 0. The smallest absolute Gasteiger partial charge is 0.0656 e. The highest BCUT2D eigenvalue weighted by Gasteiger charge is 2.17. The predicted molar refractivity (Wildman–Crippen MR) is 79.4 cm³/mol. The highest BCUT2D eigenvalue weighted by atomic mass is 35.5. The Kier molecular flexibility index (Phi) is 5.29. The molecule has 0 heterocycles. The van der Waals surface area contributed by atoms with Crippen molar-refractivity contribution in [1.82, 2.24) is 0 Å². The fourth-order valence-corrected chi connectivity index (χ4v) is 1.86. The van der Waals surface area contributed by atoms with Crippen LogP contribution in [0.15, 0.2) is 12.1 Å². The molecule has 0 saturated heterocycles. The summed E-state index contributed by atoms with van der Waals surface area (Å²) in [6, 6.07) is 3.78. The van der Waals surface area contributed by atoms with Crippen molar-refractivity contribution in [2.24, 2.45) is 5.41 Å². The topological polar surface area (TPSA) is 47.3 Å². The van der Waals surface area contributed by atoms with Crippen molar-refractivity contribution in [1.29, 1.82) is 0 Å². The average Bonchev–Trinajstić information content (AvgIpc) is 2.30. The zero-order valence-electron chi connectivity index (χ0n) is 11.6. The molecule has 3 N–H and O–H groups in total. The zero-order chi connectivity index (χ0) is 13.8. The highest BCUT2D eigenvalue weighted by Crippen LogP contribution is 2.28. The predicted octanol–water partition coefficient (Wildman–Crippen LogP) is 3.71. The lowest BCUT2D eigenvalue weighted by Gasteiger charge is -2.26. The Labute approximate surface area is 115 Å². The molecule has 0 bridgehead atoms. The van der Waals surface area contributed by atoms with Crippen molar-refractivity contribution in [3.8, 4) is 0 Å². The van der Waals surface area contributed by atoms with Crippen LogP contribution >= 0.6 is 11.6 Å². The molecule has 0 aliphatic carbocycles. The standard InChI is InChI=1S/C14H23ClN2O/c1-10-7-12(16)11(15)8-13(10)17-9-14(2,3)5-6-18-4/h7-8,17H,5-6,9,16H2,1-4H3. The summed E-state index contributed by atoms with van der Waals surface area (Å²) in [5.41, 5.74) is 8.71. The van der Waals surface area contributed by atoms with E-state index < -0.39 is 0 Å². The van der Waals surface area contributed by atoms with Gasteiger partial charge in [-0.15, -0.1) is 0 Å². The number of nitrogens with one attached hydrogen (secondary N) is 1. The minimum Gasteiger partial charge on any atom is -0.398 e. The fourth-order valence-electron chi connectivity index (χ4n) is 1.70. The van der Waals surface area contributed by atoms with Gasteiger partial charge in [0.05, 0.1) is 10.7 Å². The number of nitrogen functional groups attached to an aromatic ring is 1. The van der Waals surface area contributed by atoms with E-state index in [4.69, 9.17) is 22.1 Å². The van der Waals surface area contributed by atoms with Gasteiger partial charge in [-0.25, -0.2) is 0 Å². The normalized spacial score (nSPS) is 11.6. The molecule has 4 heteroatoms. The number of anilines is 2. The number of hydrogen-bond donors (Lipinski definition) is 2. The molecule has 0 saturated carbocycles. The van der Waals surface area contributed by atoms with Crippen LogP contribution in [0.25, 0.3) is 0 Å². The van der Waals surface area contributed by atoms with Gasteiger partial charge in [-0.05, 0) is 36.5 Å². The number of nitrogens with two attached hydrogens (primary N) is 1. The number of halogens is 1. The maximum absolute atomic E-state index is 6.03. The summed E-state index contributed by atoms with van der Waals surface area (Å²) in [5, 5.41) is 4.03. The largest absolute Gasteiger partial charge is 0.398 e. The SMILES string of the molecule is COCCC(C)(C)CNc1cc(Cl)c(N)cc1C. The van der Waals surface area contributed by atoms with E-state index in [-0.39, 0.29) is 5.41 Å². The first-order valence-corrected chi connectivity index (χ1v) is 6.52. The number of methoxy groups -OCH3 is 1. The third kappa shape index (κ3) is 4.39. The van der Waals surface area contributed by atoms with Gasteiger partial charge in [0, 0.05) is 25.9 Å². The summed E-state index contributed by atoms with van der Waals surface area (Å²) in [6.45, 7) is 8.10. The second-order valence-corrected chi connectivity index (χ2v) is 5.86. The van der Waals surface area contributed by atoms with Gasteiger partial charge in [0.25, 0.3) is 0 Å². The molecule has 0 unspecified atom stereocenters. The van der Waals surface area contributed by atoms with Crippen LogP contribution in [0.2, 0.25) is 5.02 Å². The molecular weight excluding hydrogens is 248 g/mol. The molecule has 0 aromatic heterocycles. The van der Waals surface area contributed by atoms with Crippen molar-refractivity contribution in [3.05, 3.63) is 22.7 Å². The molecular formula is C14H23ClN2O. The van der Waals surface area contributed by atoms with E-state index in [9.17, 15) is 0 Å². The van der Waals surface area contributed by atoms with Crippen molar-refractivity contribution < 1.29 is 4.74 Å². The lowest BCUT2D eigenvalue weighted by atomic mass is 9.89. The summed E-state index contributed by atoms with van der Waals surface area (Å²) >= 11 is 6.03. The first-order valence-electron chi connectivity index (χ1n) is 6.14. The van der Waals surface area contributed by atoms with Crippen LogP contribution in [-0.2, 0) is 4.74 Å². The van der Waals surface area contributed by atoms with Crippen LogP contribution in [-0.4, -0.2) is 20.3 Å². The van der Waals surface area contributed by atoms with E-state index in [1.54, 1.807) is 7.11 Å². The molecule has 18 heavy (non-hydrogen) atoms. The molecule has 0 fully saturated rings. The first-order chi connectivity index (χ1) is 8.35. The van der Waals surface area contributed by atoms with E-state index in [0.29, 0.717) is 10.7 Å². The third-order valence-electron chi connectivity index (χ3n) is 3.08. The maximum Gasteiger partial charge on any atom is 0.0656 e. The number of aryl methyl sites for hydroxylation is 1. The summed E-state index contributed by atoms with van der Waals surface area (Å²) < 4.78 is 5.12. The van der Waals surface area contributed by atoms with Crippen LogP contribution in [0.4, 0.5) is 11.4 Å². The maximum atomic E-state index is 6.03. The Bertz CT molecular complexity index is 405. The number of hydrogen-bond acceptors (Lipinski definition) is 3. The molecule has 1 aromatic rings. The lowest BCUT2D eigenvalue weighted by molar-refractivity contribution is 0.157. The zero-order valence-corrected chi connectivity index (χ0v) is 12.4. The number of ether oxygens (including phenoxy) is 1. The minimum absolute atomic E-state index is 0.177. The Morgan fingerprint density at radius 1 is 1.39 bits per heavy atom. The lowest BCUT2D eigenvalue weighted by Crippen LogP contribution is -2.24. The van der Waals surface area contributed by atoms with Crippen molar-refractivity contribution in [2.45, 2.75) is 27.2 Å². The second-order valence-electron chi connectivity index (χ2n) is 5.45. The molecule has 0 aliphatic rings. The third-order valence-corrected chi connectivity index (χ3v) is 3.41. The molecule has 3 nitrogen and oxygen atoms in total. The Morgan fingerprint density at radius 3 is 2.67 bits per heavy atom. The fraction of sp³-hybridized carbons (Fsp3) is 0.571. The van der Waals surface area contributed by atoms with Crippen molar-refractivity contribution in [3.63, 3.8) is 0 Å². The summed E-state index contributed by atoms with van der Waals surface area (Å²) in [6.07, 6.45) is 1.01. The number of rotatable bonds is 6. The van der Waals surface area contributed by atoms with Gasteiger partial charge in [-0.2, -0.15) is 0 Å². The van der Waals surface area contributed by atoms with Crippen LogP contribution in [0.1, 0.15) is 25.8 Å². The van der Waals surface area contributed by atoms with E-state index in [0.717, 1.165) is 30.8 Å².